The van der Waals surface area contributed by atoms with E-state index in [1.165, 1.54) is 5.56 Å². The molecule has 0 spiro atoms. The van der Waals surface area contributed by atoms with Gasteiger partial charge in [0.05, 0.1) is 0 Å². The molecule has 1 aromatic carbocycles. The maximum atomic E-state index is 8.61. The van der Waals surface area contributed by atoms with E-state index in [4.69, 9.17) is 10.9 Å². The average Bonchev–Trinajstić information content (AvgIpc) is 2.39. The molecule has 1 aromatic rings. The molecule has 4 N–H and O–H groups in total. The molecule has 0 aliphatic carbocycles. The minimum absolute atomic E-state index is 0.135. The van der Waals surface area contributed by atoms with Gasteiger partial charge in [0.2, 0.25) is 0 Å². The van der Waals surface area contributed by atoms with Crippen LogP contribution in [-0.2, 0) is 6.54 Å². The molecule has 0 heterocycles. The summed E-state index contributed by atoms with van der Waals surface area (Å²) in [6.45, 7) is 5.53. The monoisotopic (exact) mass is 245 g/mol. The first-order valence-corrected chi connectivity index (χ1v) is 5.86. The minimum atomic E-state index is 0.135. The summed E-state index contributed by atoms with van der Waals surface area (Å²) in [5.74, 6) is 6.01. The highest BCUT2D eigenvalue weighted by molar-refractivity contribution is 5.97. The van der Waals surface area contributed by atoms with Crippen LogP contribution in [0.15, 0.2) is 23.4 Å². The molecule has 0 unspecified atom stereocenters. The number of benzene rings is 1. The number of hydrogen-bond donors (Lipinski definition) is 3. The number of hydrogen-bond acceptors (Lipinski definition) is 3. The van der Waals surface area contributed by atoms with Crippen LogP contribution in [0, 0.1) is 18.8 Å². The van der Waals surface area contributed by atoms with Crippen LogP contribution in [0.1, 0.15) is 30.0 Å². The van der Waals surface area contributed by atoms with Gasteiger partial charge in [-0.05, 0) is 31.0 Å². The molecular formula is C14H19N3O. The first-order chi connectivity index (χ1) is 8.69. The van der Waals surface area contributed by atoms with E-state index in [9.17, 15) is 0 Å². The summed E-state index contributed by atoms with van der Waals surface area (Å²) in [7, 11) is 0. The summed E-state index contributed by atoms with van der Waals surface area (Å²) in [4.78, 5) is 0. The van der Waals surface area contributed by atoms with Crippen molar-refractivity contribution in [2.45, 2.75) is 26.8 Å². The SMILES string of the molecule is CC#CCCNCc1ccc(/C(N)=N/O)cc1C. The zero-order valence-corrected chi connectivity index (χ0v) is 10.8. The van der Waals surface area contributed by atoms with Crippen molar-refractivity contribution in [3.63, 3.8) is 0 Å². The predicted molar refractivity (Wildman–Crippen MR) is 73.5 cm³/mol. The number of nitrogens with zero attached hydrogens (tertiary/aromatic N) is 1. The first kappa shape index (κ1) is 14.1. The van der Waals surface area contributed by atoms with Crippen LogP contribution >= 0.6 is 0 Å². The van der Waals surface area contributed by atoms with Crippen molar-refractivity contribution in [3.8, 4) is 11.8 Å². The smallest absolute Gasteiger partial charge is 0.170 e. The first-order valence-electron chi connectivity index (χ1n) is 5.86. The Morgan fingerprint density at radius 1 is 1.50 bits per heavy atom. The normalized spacial score (nSPS) is 10.9. The standard InChI is InChI=1S/C14H19N3O/c1-3-4-5-8-16-10-13-7-6-12(9-11(13)2)14(15)17-18/h6-7,9,16,18H,5,8,10H2,1-2H3,(H2,15,17). The van der Waals surface area contributed by atoms with E-state index in [1.807, 2.05) is 32.0 Å². The summed E-state index contributed by atoms with van der Waals surface area (Å²) in [5, 5.41) is 14.9. The van der Waals surface area contributed by atoms with Gasteiger partial charge in [0.1, 0.15) is 0 Å². The lowest BCUT2D eigenvalue weighted by Crippen LogP contribution is -2.16. The van der Waals surface area contributed by atoms with Gasteiger partial charge in [-0.2, -0.15) is 0 Å². The van der Waals surface area contributed by atoms with Gasteiger partial charge in [-0.1, -0.05) is 17.3 Å². The van der Waals surface area contributed by atoms with Crippen LogP contribution in [0.4, 0.5) is 0 Å². The number of nitrogens with two attached hydrogens (primary N) is 1. The average molecular weight is 245 g/mol. The molecule has 0 radical (unpaired) electrons. The lowest BCUT2D eigenvalue weighted by molar-refractivity contribution is 0.318. The van der Waals surface area contributed by atoms with E-state index in [1.54, 1.807) is 0 Å². The lowest BCUT2D eigenvalue weighted by Gasteiger charge is -2.08. The number of amidine groups is 1. The van der Waals surface area contributed by atoms with E-state index >= 15 is 0 Å². The molecule has 4 nitrogen and oxygen atoms in total. The molecule has 0 saturated heterocycles. The third-order valence-electron chi connectivity index (χ3n) is 2.67. The molecule has 96 valence electrons. The fourth-order valence-corrected chi connectivity index (χ4v) is 1.61. The summed E-state index contributed by atoms with van der Waals surface area (Å²) in [6, 6.07) is 5.75. The van der Waals surface area contributed by atoms with Crippen molar-refractivity contribution in [3.05, 3.63) is 34.9 Å². The fourth-order valence-electron chi connectivity index (χ4n) is 1.61. The lowest BCUT2D eigenvalue weighted by atomic mass is 10.0. The molecule has 0 aliphatic heterocycles. The zero-order valence-electron chi connectivity index (χ0n) is 10.8. The summed E-state index contributed by atoms with van der Waals surface area (Å²) in [6.07, 6.45) is 0.859. The van der Waals surface area contributed by atoms with Gasteiger partial charge in [-0.15, -0.1) is 11.8 Å². The largest absolute Gasteiger partial charge is 0.409 e. The number of aryl methyl sites for hydroxylation is 1. The van der Waals surface area contributed by atoms with E-state index in [0.717, 1.165) is 30.6 Å². The van der Waals surface area contributed by atoms with Crippen molar-refractivity contribution in [1.29, 1.82) is 0 Å². The second-order valence-corrected chi connectivity index (χ2v) is 3.98. The molecule has 4 heteroatoms. The molecule has 0 aromatic heterocycles. The molecule has 0 aliphatic rings. The molecule has 18 heavy (non-hydrogen) atoms. The Morgan fingerprint density at radius 3 is 2.89 bits per heavy atom. The number of oxime groups is 1. The van der Waals surface area contributed by atoms with Gasteiger partial charge in [0, 0.05) is 25.1 Å². The number of rotatable bonds is 5. The van der Waals surface area contributed by atoms with Crippen LogP contribution in [-0.4, -0.2) is 17.6 Å². The maximum Gasteiger partial charge on any atom is 0.170 e. The van der Waals surface area contributed by atoms with Gasteiger partial charge in [-0.25, -0.2) is 0 Å². The van der Waals surface area contributed by atoms with Crippen LogP contribution in [0.2, 0.25) is 0 Å². The van der Waals surface area contributed by atoms with Crippen LogP contribution < -0.4 is 11.1 Å². The van der Waals surface area contributed by atoms with E-state index in [0.29, 0.717) is 0 Å². The van der Waals surface area contributed by atoms with E-state index in [2.05, 4.69) is 22.3 Å². The second kappa shape index (κ2) is 7.36. The number of nitrogens with one attached hydrogen (secondary N) is 1. The quantitative estimate of drug-likeness (QED) is 0.184. The summed E-state index contributed by atoms with van der Waals surface area (Å²) >= 11 is 0. The second-order valence-electron chi connectivity index (χ2n) is 3.98. The molecule has 0 saturated carbocycles. The molecule has 0 atom stereocenters. The van der Waals surface area contributed by atoms with Gasteiger partial charge < -0.3 is 16.3 Å². The molecule has 0 fully saturated rings. The third kappa shape index (κ3) is 4.11. The molecular weight excluding hydrogens is 226 g/mol. The van der Waals surface area contributed by atoms with Gasteiger partial charge >= 0.3 is 0 Å². The minimum Gasteiger partial charge on any atom is -0.409 e. The van der Waals surface area contributed by atoms with E-state index < -0.39 is 0 Å². The van der Waals surface area contributed by atoms with Crippen molar-refractivity contribution < 1.29 is 5.21 Å². The van der Waals surface area contributed by atoms with Crippen molar-refractivity contribution in [2.24, 2.45) is 10.9 Å². The van der Waals surface area contributed by atoms with Gasteiger partial charge in [0.15, 0.2) is 5.84 Å². The highest BCUT2D eigenvalue weighted by Gasteiger charge is 2.03. The van der Waals surface area contributed by atoms with Crippen LogP contribution in [0.25, 0.3) is 0 Å². The molecule has 1 rings (SSSR count). The Kier molecular flexibility index (Phi) is 5.75. The fraction of sp³-hybridized carbons (Fsp3) is 0.357. The van der Waals surface area contributed by atoms with Crippen LogP contribution in [0.5, 0.6) is 0 Å². The third-order valence-corrected chi connectivity index (χ3v) is 2.67. The Hall–Kier alpha value is -1.99. The van der Waals surface area contributed by atoms with Crippen molar-refractivity contribution >= 4 is 5.84 Å². The Bertz CT molecular complexity index is 484. The molecule has 0 amide bonds. The highest BCUT2D eigenvalue weighted by Crippen LogP contribution is 2.10. The summed E-state index contributed by atoms with van der Waals surface area (Å²) < 4.78 is 0. The predicted octanol–water partition coefficient (Wildman–Crippen LogP) is 1.59. The van der Waals surface area contributed by atoms with Gasteiger partial charge in [0.25, 0.3) is 0 Å². The van der Waals surface area contributed by atoms with Crippen molar-refractivity contribution in [1.82, 2.24) is 5.32 Å². The Morgan fingerprint density at radius 2 is 2.28 bits per heavy atom. The van der Waals surface area contributed by atoms with E-state index in [-0.39, 0.29) is 5.84 Å². The van der Waals surface area contributed by atoms with Gasteiger partial charge in [-0.3, -0.25) is 0 Å². The maximum absolute atomic E-state index is 8.61. The zero-order chi connectivity index (χ0) is 13.4. The molecule has 0 bridgehead atoms. The topological polar surface area (TPSA) is 70.6 Å². The Labute approximate surface area is 108 Å². The Balaban J connectivity index is 2.59. The highest BCUT2D eigenvalue weighted by atomic mass is 16.4. The van der Waals surface area contributed by atoms with Crippen LogP contribution in [0.3, 0.4) is 0 Å². The van der Waals surface area contributed by atoms with Crippen molar-refractivity contribution in [2.75, 3.05) is 6.54 Å². The summed E-state index contributed by atoms with van der Waals surface area (Å²) in [5.41, 5.74) is 8.59.